The van der Waals surface area contributed by atoms with Crippen molar-refractivity contribution in [1.29, 1.82) is 5.41 Å². The number of hydrogen-bond donors (Lipinski definition) is 2. The SMILES string of the molecule is CC(C)=Nc1c(C(=N)N)ncn1C. The van der Waals surface area contributed by atoms with Gasteiger partial charge < -0.3 is 10.3 Å². The normalized spacial score (nSPS) is 9.77. The summed E-state index contributed by atoms with van der Waals surface area (Å²) in [5.41, 5.74) is 6.68. The van der Waals surface area contributed by atoms with Gasteiger partial charge in [0.25, 0.3) is 0 Å². The van der Waals surface area contributed by atoms with E-state index in [0.29, 0.717) is 11.5 Å². The average Bonchev–Trinajstić information content (AvgIpc) is 2.32. The number of aromatic nitrogens is 2. The van der Waals surface area contributed by atoms with Crippen molar-refractivity contribution < 1.29 is 0 Å². The number of rotatable bonds is 2. The predicted molar refractivity (Wildman–Crippen MR) is 52.7 cm³/mol. The maximum Gasteiger partial charge on any atom is 0.163 e. The summed E-state index contributed by atoms with van der Waals surface area (Å²) in [4.78, 5) is 8.21. The summed E-state index contributed by atoms with van der Waals surface area (Å²) in [6, 6.07) is 0. The number of aryl methyl sites for hydroxylation is 1. The van der Waals surface area contributed by atoms with Gasteiger partial charge in [0.1, 0.15) is 11.5 Å². The molecule has 0 aliphatic heterocycles. The van der Waals surface area contributed by atoms with Crippen LogP contribution in [0.3, 0.4) is 0 Å². The van der Waals surface area contributed by atoms with E-state index in [2.05, 4.69) is 9.98 Å². The molecule has 1 aromatic rings. The van der Waals surface area contributed by atoms with Crippen LogP contribution in [0, 0.1) is 5.41 Å². The van der Waals surface area contributed by atoms with Gasteiger partial charge in [-0.3, -0.25) is 5.41 Å². The minimum absolute atomic E-state index is 0.0550. The Bertz CT molecular complexity index is 357. The number of hydrogen-bond acceptors (Lipinski definition) is 3. The topological polar surface area (TPSA) is 80.1 Å². The van der Waals surface area contributed by atoms with Crippen LogP contribution in [-0.2, 0) is 7.05 Å². The fourth-order valence-electron chi connectivity index (χ4n) is 0.957. The van der Waals surface area contributed by atoms with E-state index >= 15 is 0 Å². The lowest BCUT2D eigenvalue weighted by Crippen LogP contribution is -2.12. The first-order valence-corrected chi connectivity index (χ1v) is 3.90. The monoisotopic (exact) mass is 179 g/mol. The molecule has 0 aliphatic carbocycles. The number of nitrogens with zero attached hydrogens (tertiary/aromatic N) is 3. The van der Waals surface area contributed by atoms with Crippen LogP contribution in [0.4, 0.5) is 5.82 Å². The number of nitrogens with one attached hydrogen (secondary N) is 1. The van der Waals surface area contributed by atoms with E-state index in [-0.39, 0.29) is 5.84 Å². The molecule has 0 atom stereocenters. The van der Waals surface area contributed by atoms with Crippen molar-refractivity contribution in [3.63, 3.8) is 0 Å². The summed E-state index contributed by atoms with van der Waals surface area (Å²) >= 11 is 0. The molecule has 3 N–H and O–H groups in total. The van der Waals surface area contributed by atoms with Crippen LogP contribution in [0.25, 0.3) is 0 Å². The van der Waals surface area contributed by atoms with E-state index < -0.39 is 0 Å². The van der Waals surface area contributed by atoms with Gasteiger partial charge in [-0.15, -0.1) is 0 Å². The Kier molecular flexibility index (Phi) is 2.46. The van der Waals surface area contributed by atoms with Gasteiger partial charge >= 0.3 is 0 Å². The summed E-state index contributed by atoms with van der Waals surface area (Å²) in [6.07, 6.45) is 1.60. The minimum Gasteiger partial charge on any atom is -0.382 e. The van der Waals surface area contributed by atoms with E-state index in [1.54, 1.807) is 10.9 Å². The van der Waals surface area contributed by atoms with Gasteiger partial charge in [0, 0.05) is 12.8 Å². The fourth-order valence-corrected chi connectivity index (χ4v) is 0.957. The van der Waals surface area contributed by atoms with Crippen molar-refractivity contribution in [2.75, 3.05) is 0 Å². The second-order valence-corrected chi connectivity index (χ2v) is 3.00. The molecular formula is C8H13N5. The molecule has 70 valence electrons. The highest BCUT2D eigenvalue weighted by molar-refractivity contribution is 5.98. The Morgan fingerprint density at radius 1 is 1.62 bits per heavy atom. The molecule has 1 aromatic heterocycles. The average molecular weight is 179 g/mol. The summed E-state index contributed by atoms with van der Waals surface area (Å²) in [5.74, 6) is 0.577. The fraction of sp³-hybridized carbons (Fsp3) is 0.375. The van der Waals surface area contributed by atoms with Crippen LogP contribution in [0.2, 0.25) is 0 Å². The molecule has 13 heavy (non-hydrogen) atoms. The van der Waals surface area contributed by atoms with Crippen LogP contribution in [0.5, 0.6) is 0 Å². The van der Waals surface area contributed by atoms with E-state index in [1.165, 1.54) is 0 Å². The van der Waals surface area contributed by atoms with Gasteiger partial charge in [-0.1, -0.05) is 0 Å². The zero-order valence-electron chi connectivity index (χ0n) is 8.00. The van der Waals surface area contributed by atoms with Crippen LogP contribution in [-0.4, -0.2) is 21.1 Å². The van der Waals surface area contributed by atoms with Gasteiger partial charge in [-0.2, -0.15) is 0 Å². The van der Waals surface area contributed by atoms with E-state index in [9.17, 15) is 0 Å². The maximum atomic E-state index is 7.27. The molecule has 5 nitrogen and oxygen atoms in total. The molecule has 0 radical (unpaired) electrons. The number of amidine groups is 1. The van der Waals surface area contributed by atoms with E-state index in [1.807, 2.05) is 20.9 Å². The van der Waals surface area contributed by atoms with E-state index in [0.717, 1.165) is 5.71 Å². The highest BCUT2D eigenvalue weighted by Gasteiger charge is 2.09. The second-order valence-electron chi connectivity index (χ2n) is 3.00. The van der Waals surface area contributed by atoms with Gasteiger partial charge in [0.15, 0.2) is 5.82 Å². The minimum atomic E-state index is -0.0550. The maximum absolute atomic E-state index is 7.27. The smallest absolute Gasteiger partial charge is 0.163 e. The van der Waals surface area contributed by atoms with Crippen molar-refractivity contribution >= 4 is 17.4 Å². The standard InChI is InChI=1S/C8H13N5/c1-5(2)12-8-6(7(9)10)11-4-13(8)3/h4H,1-3H3,(H3,9,10). The summed E-state index contributed by atoms with van der Waals surface area (Å²) in [7, 11) is 1.82. The number of imidazole rings is 1. The Hall–Kier alpha value is -1.65. The van der Waals surface area contributed by atoms with E-state index in [4.69, 9.17) is 11.1 Å². The molecule has 0 aromatic carbocycles. The first-order valence-electron chi connectivity index (χ1n) is 3.90. The van der Waals surface area contributed by atoms with Gasteiger partial charge in [0.05, 0.1) is 6.33 Å². The Morgan fingerprint density at radius 2 is 2.23 bits per heavy atom. The molecule has 0 bridgehead atoms. The zero-order valence-corrected chi connectivity index (χ0v) is 8.00. The van der Waals surface area contributed by atoms with Crippen molar-refractivity contribution in [3.05, 3.63) is 12.0 Å². The Labute approximate surface area is 76.8 Å². The van der Waals surface area contributed by atoms with Crippen LogP contribution in [0.1, 0.15) is 19.5 Å². The quantitative estimate of drug-likeness (QED) is 0.520. The van der Waals surface area contributed by atoms with Crippen molar-refractivity contribution in [2.45, 2.75) is 13.8 Å². The molecule has 5 heteroatoms. The summed E-state index contributed by atoms with van der Waals surface area (Å²) in [5, 5.41) is 7.27. The Morgan fingerprint density at radius 3 is 2.69 bits per heavy atom. The summed E-state index contributed by atoms with van der Waals surface area (Å²) < 4.78 is 1.74. The number of nitrogens with two attached hydrogens (primary N) is 1. The number of aliphatic imine (C=N–C) groups is 1. The van der Waals surface area contributed by atoms with Crippen molar-refractivity contribution in [1.82, 2.24) is 9.55 Å². The largest absolute Gasteiger partial charge is 0.382 e. The molecule has 1 rings (SSSR count). The molecular weight excluding hydrogens is 166 g/mol. The molecule has 1 heterocycles. The van der Waals surface area contributed by atoms with Gasteiger partial charge in [-0.05, 0) is 13.8 Å². The first kappa shape index (κ1) is 9.44. The van der Waals surface area contributed by atoms with Gasteiger partial charge in [-0.25, -0.2) is 9.98 Å². The lowest BCUT2D eigenvalue weighted by molar-refractivity contribution is 0.911. The lowest BCUT2D eigenvalue weighted by Gasteiger charge is -1.99. The molecule has 0 aliphatic rings. The van der Waals surface area contributed by atoms with Crippen molar-refractivity contribution in [3.8, 4) is 0 Å². The lowest BCUT2D eigenvalue weighted by atomic mass is 10.4. The first-order chi connectivity index (χ1) is 6.02. The highest BCUT2D eigenvalue weighted by atomic mass is 15.1. The summed E-state index contributed by atoms with van der Waals surface area (Å²) in [6.45, 7) is 3.77. The Balaban J connectivity index is 3.24. The molecule has 0 saturated carbocycles. The molecule has 0 spiro atoms. The molecule has 0 saturated heterocycles. The zero-order chi connectivity index (χ0) is 10.0. The van der Waals surface area contributed by atoms with Crippen LogP contribution < -0.4 is 5.73 Å². The second kappa shape index (κ2) is 3.38. The molecule has 0 fully saturated rings. The third kappa shape index (κ3) is 1.93. The third-order valence-corrected chi connectivity index (χ3v) is 1.49. The predicted octanol–water partition coefficient (Wildman–Crippen LogP) is 0.816. The third-order valence-electron chi connectivity index (χ3n) is 1.49. The van der Waals surface area contributed by atoms with Crippen LogP contribution in [0.15, 0.2) is 11.3 Å². The molecule has 0 unspecified atom stereocenters. The van der Waals surface area contributed by atoms with Crippen LogP contribution >= 0.6 is 0 Å². The van der Waals surface area contributed by atoms with Crippen molar-refractivity contribution in [2.24, 2.45) is 17.8 Å². The molecule has 0 amide bonds. The highest BCUT2D eigenvalue weighted by Crippen LogP contribution is 2.16. The van der Waals surface area contributed by atoms with Gasteiger partial charge in [0.2, 0.25) is 0 Å². The number of nitrogen functional groups attached to an aromatic ring is 1.